The van der Waals surface area contributed by atoms with Crippen molar-refractivity contribution in [1.29, 1.82) is 0 Å². The van der Waals surface area contributed by atoms with Gasteiger partial charge in [0.2, 0.25) is 0 Å². The van der Waals surface area contributed by atoms with E-state index in [-0.39, 0.29) is 0 Å². The van der Waals surface area contributed by atoms with E-state index < -0.39 is 0 Å². The molecule has 0 aromatic carbocycles. The summed E-state index contributed by atoms with van der Waals surface area (Å²) in [5, 5.41) is 0. The molecule has 1 heterocycles. The van der Waals surface area contributed by atoms with Gasteiger partial charge < -0.3 is 0 Å². The van der Waals surface area contributed by atoms with Crippen molar-refractivity contribution in [3.05, 3.63) is 28.0 Å². The largest absolute Gasteiger partial charge is 0.298 e. The van der Waals surface area contributed by atoms with Crippen LogP contribution in [0.4, 0.5) is 0 Å². The molecule has 0 aliphatic heterocycles. The summed E-state index contributed by atoms with van der Waals surface area (Å²) in [7, 11) is 0. The number of pyridine rings is 1. The summed E-state index contributed by atoms with van der Waals surface area (Å²) >= 11 is 3.25. The topological polar surface area (TPSA) is 30.0 Å². The lowest BCUT2D eigenvalue weighted by Gasteiger charge is -1.96. The minimum atomic E-state index is 0.646. The van der Waals surface area contributed by atoms with Crippen LogP contribution < -0.4 is 0 Å². The fraction of sp³-hybridized carbons (Fsp3) is 0.143. The van der Waals surface area contributed by atoms with Crippen LogP contribution >= 0.6 is 15.9 Å². The molecule has 0 saturated heterocycles. The van der Waals surface area contributed by atoms with Gasteiger partial charge in [-0.3, -0.25) is 9.78 Å². The predicted octanol–water partition coefficient (Wildman–Crippen LogP) is 1.97. The Balaban J connectivity index is 3.27. The van der Waals surface area contributed by atoms with E-state index in [2.05, 4.69) is 20.9 Å². The van der Waals surface area contributed by atoms with E-state index in [4.69, 9.17) is 0 Å². The number of aromatic nitrogens is 1. The van der Waals surface area contributed by atoms with Gasteiger partial charge in [0.05, 0.1) is 5.69 Å². The maximum Gasteiger partial charge on any atom is 0.151 e. The molecule has 52 valence electrons. The van der Waals surface area contributed by atoms with Crippen LogP contribution in [-0.2, 0) is 0 Å². The van der Waals surface area contributed by atoms with Crippen LogP contribution in [0, 0.1) is 6.92 Å². The van der Waals surface area contributed by atoms with E-state index in [9.17, 15) is 4.79 Å². The van der Waals surface area contributed by atoms with Gasteiger partial charge in [0.25, 0.3) is 0 Å². The number of carbonyl (C=O) groups excluding carboxylic acids is 1. The number of nitrogens with zero attached hydrogens (tertiary/aromatic N) is 1. The molecule has 0 saturated carbocycles. The Morgan fingerprint density at radius 3 is 2.90 bits per heavy atom. The molecule has 0 bridgehead atoms. The van der Waals surface area contributed by atoms with Crippen molar-refractivity contribution >= 4 is 22.2 Å². The average molecular weight is 200 g/mol. The molecule has 0 amide bonds. The Kier molecular flexibility index (Phi) is 2.17. The number of hydrogen-bond acceptors (Lipinski definition) is 2. The van der Waals surface area contributed by atoms with Crippen LogP contribution in [0.5, 0.6) is 0 Å². The van der Waals surface area contributed by atoms with E-state index in [0.717, 1.165) is 16.5 Å². The number of rotatable bonds is 1. The molecule has 0 atom stereocenters. The number of carbonyl (C=O) groups is 1. The highest BCUT2D eigenvalue weighted by atomic mass is 79.9. The minimum absolute atomic E-state index is 0.646. The van der Waals surface area contributed by atoms with Gasteiger partial charge in [-0.2, -0.15) is 0 Å². The first-order chi connectivity index (χ1) is 4.75. The van der Waals surface area contributed by atoms with Gasteiger partial charge in [-0.05, 0) is 28.9 Å². The minimum Gasteiger partial charge on any atom is -0.298 e. The number of halogens is 1. The van der Waals surface area contributed by atoms with Crippen molar-refractivity contribution in [2.24, 2.45) is 0 Å². The van der Waals surface area contributed by atoms with E-state index >= 15 is 0 Å². The van der Waals surface area contributed by atoms with Gasteiger partial charge in [-0.25, -0.2) is 0 Å². The molecule has 0 aliphatic carbocycles. The molecular formula is C7H6BrNO. The van der Waals surface area contributed by atoms with Gasteiger partial charge >= 0.3 is 0 Å². The predicted molar refractivity (Wildman–Crippen MR) is 42.1 cm³/mol. The molecule has 1 aromatic rings. The first kappa shape index (κ1) is 7.41. The first-order valence-electron chi connectivity index (χ1n) is 2.82. The highest BCUT2D eigenvalue weighted by Crippen LogP contribution is 2.16. The van der Waals surface area contributed by atoms with Gasteiger partial charge in [0, 0.05) is 16.2 Å². The van der Waals surface area contributed by atoms with Crippen LogP contribution in [0.2, 0.25) is 0 Å². The standard InChI is InChI=1S/C7H6BrNO/c1-5-7(8)6(4-10)2-3-9-5/h2-4H,1H3. The van der Waals surface area contributed by atoms with Gasteiger partial charge in [-0.15, -0.1) is 0 Å². The maximum absolute atomic E-state index is 10.3. The molecule has 10 heavy (non-hydrogen) atoms. The molecule has 0 spiro atoms. The van der Waals surface area contributed by atoms with Gasteiger partial charge in [0.1, 0.15) is 0 Å². The third-order valence-corrected chi connectivity index (χ3v) is 2.25. The lowest BCUT2D eigenvalue weighted by molar-refractivity contribution is 0.112. The summed E-state index contributed by atoms with van der Waals surface area (Å²) in [6, 6.07) is 1.67. The Hall–Kier alpha value is -0.700. The average Bonchev–Trinajstić information content (AvgIpc) is 1.95. The second kappa shape index (κ2) is 2.92. The molecule has 0 fully saturated rings. The summed E-state index contributed by atoms with van der Waals surface area (Å²) in [5.41, 5.74) is 1.48. The fourth-order valence-electron chi connectivity index (χ4n) is 0.659. The second-order valence-corrected chi connectivity index (χ2v) is 2.71. The Bertz CT molecular complexity index is 260. The van der Waals surface area contributed by atoms with Crippen molar-refractivity contribution in [2.45, 2.75) is 6.92 Å². The van der Waals surface area contributed by atoms with Crippen molar-refractivity contribution in [3.8, 4) is 0 Å². The number of aryl methyl sites for hydroxylation is 1. The molecule has 0 N–H and O–H groups in total. The van der Waals surface area contributed by atoms with Crippen molar-refractivity contribution in [1.82, 2.24) is 4.98 Å². The highest BCUT2D eigenvalue weighted by Gasteiger charge is 1.99. The summed E-state index contributed by atoms with van der Waals surface area (Å²) < 4.78 is 0.782. The van der Waals surface area contributed by atoms with Crippen LogP contribution in [0.3, 0.4) is 0 Å². The lowest BCUT2D eigenvalue weighted by atomic mass is 10.2. The molecule has 0 aliphatic rings. The van der Waals surface area contributed by atoms with Crippen LogP contribution in [0.15, 0.2) is 16.7 Å². The Morgan fingerprint density at radius 2 is 2.40 bits per heavy atom. The van der Waals surface area contributed by atoms with Crippen molar-refractivity contribution < 1.29 is 4.79 Å². The second-order valence-electron chi connectivity index (χ2n) is 1.92. The van der Waals surface area contributed by atoms with E-state index in [1.54, 1.807) is 12.3 Å². The van der Waals surface area contributed by atoms with E-state index in [1.165, 1.54) is 0 Å². The molecule has 0 radical (unpaired) electrons. The Morgan fingerprint density at radius 1 is 1.70 bits per heavy atom. The van der Waals surface area contributed by atoms with Gasteiger partial charge in [-0.1, -0.05) is 0 Å². The monoisotopic (exact) mass is 199 g/mol. The number of hydrogen-bond donors (Lipinski definition) is 0. The third kappa shape index (κ3) is 1.24. The van der Waals surface area contributed by atoms with Crippen LogP contribution in [-0.4, -0.2) is 11.3 Å². The van der Waals surface area contributed by atoms with Crippen molar-refractivity contribution in [3.63, 3.8) is 0 Å². The smallest absolute Gasteiger partial charge is 0.151 e. The van der Waals surface area contributed by atoms with Crippen LogP contribution in [0.1, 0.15) is 16.1 Å². The zero-order valence-corrected chi connectivity index (χ0v) is 7.05. The van der Waals surface area contributed by atoms with Crippen LogP contribution in [0.25, 0.3) is 0 Å². The SMILES string of the molecule is Cc1nccc(C=O)c1Br. The third-order valence-electron chi connectivity index (χ3n) is 1.22. The fourth-order valence-corrected chi connectivity index (χ4v) is 0.987. The normalized spacial score (nSPS) is 9.40. The lowest BCUT2D eigenvalue weighted by Crippen LogP contribution is -1.87. The summed E-state index contributed by atoms with van der Waals surface area (Å²) in [6.45, 7) is 1.84. The summed E-state index contributed by atoms with van der Waals surface area (Å²) in [4.78, 5) is 14.3. The van der Waals surface area contributed by atoms with E-state index in [0.29, 0.717) is 5.56 Å². The molecule has 2 nitrogen and oxygen atoms in total. The molecule has 1 aromatic heterocycles. The zero-order chi connectivity index (χ0) is 7.56. The first-order valence-corrected chi connectivity index (χ1v) is 3.61. The maximum atomic E-state index is 10.3. The van der Waals surface area contributed by atoms with Gasteiger partial charge in [0.15, 0.2) is 6.29 Å². The highest BCUT2D eigenvalue weighted by molar-refractivity contribution is 9.10. The van der Waals surface area contributed by atoms with Crippen molar-refractivity contribution in [2.75, 3.05) is 0 Å². The summed E-state index contributed by atoms with van der Waals surface area (Å²) in [6.07, 6.45) is 2.42. The molecular weight excluding hydrogens is 194 g/mol. The zero-order valence-electron chi connectivity index (χ0n) is 5.47. The molecule has 1 rings (SSSR count). The number of aldehydes is 1. The molecule has 3 heteroatoms. The Labute approximate surface area is 67.4 Å². The summed E-state index contributed by atoms with van der Waals surface area (Å²) in [5.74, 6) is 0. The molecule has 0 unspecified atom stereocenters. The van der Waals surface area contributed by atoms with E-state index in [1.807, 2.05) is 6.92 Å². The quantitative estimate of drug-likeness (QED) is 0.648.